The molecule has 0 radical (unpaired) electrons. The van der Waals surface area contributed by atoms with Gasteiger partial charge >= 0.3 is 0 Å². The van der Waals surface area contributed by atoms with Gasteiger partial charge in [0.25, 0.3) is 0 Å². The highest BCUT2D eigenvalue weighted by molar-refractivity contribution is 5.85. The van der Waals surface area contributed by atoms with Crippen LogP contribution in [0.2, 0.25) is 0 Å². The lowest BCUT2D eigenvalue weighted by Gasteiger charge is -2.15. The van der Waals surface area contributed by atoms with Gasteiger partial charge in [-0.15, -0.1) is 0 Å². The standard InChI is InChI=1S/C15H22O/c1-3-5-12-14(15(16)9-4-2)13-10-7-6-8-11-13/h6-8,10-11,14H,3-5,9,12H2,1-2H3. The number of benzene rings is 1. The molecule has 16 heavy (non-hydrogen) atoms. The average Bonchev–Trinajstić information content (AvgIpc) is 2.31. The van der Waals surface area contributed by atoms with Crippen molar-refractivity contribution in [2.24, 2.45) is 0 Å². The van der Waals surface area contributed by atoms with E-state index >= 15 is 0 Å². The first kappa shape index (κ1) is 13.0. The molecule has 1 nitrogen and oxygen atoms in total. The van der Waals surface area contributed by atoms with Gasteiger partial charge in [-0.05, 0) is 18.4 Å². The van der Waals surface area contributed by atoms with Crippen LogP contribution in [0, 0.1) is 0 Å². The predicted molar refractivity (Wildman–Crippen MR) is 68.6 cm³/mol. The molecular formula is C15H22O. The summed E-state index contributed by atoms with van der Waals surface area (Å²) in [5.41, 5.74) is 1.19. The lowest BCUT2D eigenvalue weighted by Crippen LogP contribution is -2.12. The van der Waals surface area contributed by atoms with Gasteiger partial charge in [0.1, 0.15) is 5.78 Å². The van der Waals surface area contributed by atoms with Gasteiger partial charge in [-0.25, -0.2) is 0 Å². The first-order valence-corrected chi connectivity index (χ1v) is 6.37. The molecule has 0 spiro atoms. The molecule has 0 aliphatic rings. The molecule has 0 saturated carbocycles. The van der Waals surface area contributed by atoms with E-state index in [-0.39, 0.29) is 5.92 Å². The summed E-state index contributed by atoms with van der Waals surface area (Å²) in [5, 5.41) is 0. The number of ketones is 1. The smallest absolute Gasteiger partial charge is 0.140 e. The number of carbonyl (C=O) groups excluding carboxylic acids is 1. The van der Waals surface area contributed by atoms with Gasteiger partial charge in [-0.1, -0.05) is 57.0 Å². The summed E-state index contributed by atoms with van der Waals surface area (Å²) in [6, 6.07) is 10.2. The van der Waals surface area contributed by atoms with Crippen LogP contribution in [0.3, 0.4) is 0 Å². The Morgan fingerprint density at radius 1 is 1.12 bits per heavy atom. The minimum absolute atomic E-state index is 0.126. The van der Waals surface area contributed by atoms with Crippen LogP contribution in [0.1, 0.15) is 57.4 Å². The second-order valence-corrected chi connectivity index (χ2v) is 4.32. The van der Waals surface area contributed by atoms with E-state index < -0.39 is 0 Å². The summed E-state index contributed by atoms with van der Waals surface area (Å²) in [6.07, 6.45) is 4.95. The molecule has 88 valence electrons. The molecule has 0 saturated heterocycles. The monoisotopic (exact) mass is 218 g/mol. The molecule has 0 aliphatic carbocycles. The number of hydrogen-bond donors (Lipinski definition) is 0. The van der Waals surface area contributed by atoms with Crippen LogP contribution >= 0.6 is 0 Å². The van der Waals surface area contributed by atoms with E-state index in [9.17, 15) is 4.79 Å². The highest BCUT2D eigenvalue weighted by Crippen LogP contribution is 2.24. The zero-order valence-corrected chi connectivity index (χ0v) is 10.4. The van der Waals surface area contributed by atoms with E-state index in [1.807, 2.05) is 18.2 Å². The number of unbranched alkanes of at least 4 members (excludes halogenated alkanes) is 1. The Labute approximate surface area is 98.9 Å². The number of carbonyl (C=O) groups is 1. The van der Waals surface area contributed by atoms with Crippen LogP contribution in [-0.2, 0) is 4.79 Å². The maximum absolute atomic E-state index is 12.0. The molecule has 0 N–H and O–H groups in total. The zero-order chi connectivity index (χ0) is 11.8. The first-order chi connectivity index (χ1) is 7.79. The SMILES string of the molecule is CCCCC(C(=O)CCC)c1ccccc1. The van der Waals surface area contributed by atoms with Crippen molar-refractivity contribution in [2.45, 2.75) is 51.9 Å². The van der Waals surface area contributed by atoms with Crippen LogP contribution in [0.25, 0.3) is 0 Å². The number of Topliss-reactive ketones (excluding diaryl/α,β-unsaturated/α-hetero) is 1. The van der Waals surface area contributed by atoms with Crippen molar-refractivity contribution in [1.29, 1.82) is 0 Å². The maximum atomic E-state index is 12.0. The van der Waals surface area contributed by atoms with Gasteiger partial charge in [0.2, 0.25) is 0 Å². The molecule has 1 unspecified atom stereocenters. The third-order valence-corrected chi connectivity index (χ3v) is 2.93. The molecular weight excluding hydrogens is 196 g/mol. The Bertz CT molecular complexity index is 302. The molecule has 0 fully saturated rings. The average molecular weight is 218 g/mol. The van der Waals surface area contributed by atoms with Gasteiger partial charge in [0, 0.05) is 12.3 Å². The van der Waals surface area contributed by atoms with Gasteiger partial charge in [-0.2, -0.15) is 0 Å². The summed E-state index contributed by atoms with van der Waals surface area (Å²) >= 11 is 0. The molecule has 0 bridgehead atoms. The molecule has 1 aromatic carbocycles. The minimum Gasteiger partial charge on any atom is -0.299 e. The number of rotatable bonds is 7. The fourth-order valence-corrected chi connectivity index (χ4v) is 2.03. The van der Waals surface area contributed by atoms with E-state index in [4.69, 9.17) is 0 Å². The van der Waals surface area contributed by atoms with E-state index in [0.29, 0.717) is 12.2 Å². The van der Waals surface area contributed by atoms with E-state index in [1.54, 1.807) is 0 Å². The van der Waals surface area contributed by atoms with Crippen LogP contribution in [0.4, 0.5) is 0 Å². The molecule has 0 aliphatic heterocycles. The predicted octanol–water partition coefficient (Wildman–Crippen LogP) is 4.33. The summed E-state index contributed by atoms with van der Waals surface area (Å²) in [5.74, 6) is 0.531. The maximum Gasteiger partial charge on any atom is 0.140 e. The van der Waals surface area contributed by atoms with E-state index in [0.717, 1.165) is 25.7 Å². The quantitative estimate of drug-likeness (QED) is 0.665. The Balaban J connectivity index is 2.74. The molecule has 1 heteroatoms. The van der Waals surface area contributed by atoms with Crippen molar-refractivity contribution in [3.05, 3.63) is 35.9 Å². The van der Waals surface area contributed by atoms with Crippen molar-refractivity contribution in [1.82, 2.24) is 0 Å². The summed E-state index contributed by atoms with van der Waals surface area (Å²) < 4.78 is 0. The van der Waals surface area contributed by atoms with Gasteiger partial charge in [0.05, 0.1) is 0 Å². The Morgan fingerprint density at radius 2 is 1.81 bits per heavy atom. The highest BCUT2D eigenvalue weighted by Gasteiger charge is 2.18. The van der Waals surface area contributed by atoms with E-state index in [1.165, 1.54) is 5.56 Å². The van der Waals surface area contributed by atoms with Gasteiger partial charge in [-0.3, -0.25) is 4.79 Å². The molecule has 0 aromatic heterocycles. The molecule has 1 atom stereocenters. The Morgan fingerprint density at radius 3 is 2.38 bits per heavy atom. The lowest BCUT2D eigenvalue weighted by molar-refractivity contribution is -0.120. The summed E-state index contributed by atoms with van der Waals surface area (Å²) in [4.78, 5) is 12.0. The van der Waals surface area contributed by atoms with Crippen molar-refractivity contribution in [3.8, 4) is 0 Å². The van der Waals surface area contributed by atoms with Crippen molar-refractivity contribution in [2.75, 3.05) is 0 Å². The zero-order valence-electron chi connectivity index (χ0n) is 10.4. The highest BCUT2D eigenvalue weighted by atomic mass is 16.1. The van der Waals surface area contributed by atoms with Crippen molar-refractivity contribution in [3.63, 3.8) is 0 Å². The summed E-state index contributed by atoms with van der Waals surface area (Å²) in [7, 11) is 0. The van der Waals surface area contributed by atoms with Crippen LogP contribution < -0.4 is 0 Å². The second kappa shape index (κ2) is 7.21. The summed E-state index contributed by atoms with van der Waals surface area (Å²) in [6.45, 7) is 4.24. The fourth-order valence-electron chi connectivity index (χ4n) is 2.03. The van der Waals surface area contributed by atoms with Crippen molar-refractivity contribution < 1.29 is 4.79 Å². The lowest BCUT2D eigenvalue weighted by atomic mass is 9.88. The number of hydrogen-bond acceptors (Lipinski definition) is 1. The normalized spacial score (nSPS) is 12.4. The first-order valence-electron chi connectivity index (χ1n) is 6.37. The molecule has 0 amide bonds. The van der Waals surface area contributed by atoms with Gasteiger partial charge in [0.15, 0.2) is 0 Å². The van der Waals surface area contributed by atoms with Crippen LogP contribution in [-0.4, -0.2) is 5.78 Å². The molecule has 1 rings (SSSR count). The topological polar surface area (TPSA) is 17.1 Å². The second-order valence-electron chi connectivity index (χ2n) is 4.32. The fraction of sp³-hybridized carbons (Fsp3) is 0.533. The third kappa shape index (κ3) is 3.80. The van der Waals surface area contributed by atoms with Crippen molar-refractivity contribution >= 4 is 5.78 Å². The van der Waals surface area contributed by atoms with E-state index in [2.05, 4.69) is 26.0 Å². The third-order valence-electron chi connectivity index (χ3n) is 2.93. The van der Waals surface area contributed by atoms with Gasteiger partial charge < -0.3 is 0 Å². The van der Waals surface area contributed by atoms with Crippen LogP contribution in [0.5, 0.6) is 0 Å². The minimum atomic E-state index is 0.126. The molecule has 0 heterocycles. The largest absolute Gasteiger partial charge is 0.299 e. The Hall–Kier alpha value is -1.11. The van der Waals surface area contributed by atoms with Crippen LogP contribution in [0.15, 0.2) is 30.3 Å². The molecule has 1 aromatic rings. The Kier molecular flexibility index (Phi) is 5.84.